The van der Waals surface area contributed by atoms with Crippen molar-refractivity contribution in [3.8, 4) is 11.1 Å². The van der Waals surface area contributed by atoms with Crippen LogP contribution in [0.2, 0.25) is 0 Å². The van der Waals surface area contributed by atoms with Crippen LogP contribution in [-0.2, 0) is 14.3 Å². The van der Waals surface area contributed by atoms with Crippen LogP contribution in [-0.4, -0.2) is 35.6 Å². The van der Waals surface area contributed by atoms with Gasteiger partial charge in [0.2, 0.25) is 0 Å². The lowest BCUT2D eigenvalue weighted by molar-refractivity contribution is -0.145. The lowest BCUT2D eigenvalue weighted by atomic mass is 9.97. The van der Waals surface area contributed by atoms with Gasteiger partial charge in [-0.15, -0.1) is 0 Å². The molecule has 6 nitrogen and oxygen atoms in total. The van der Waals surface area contributed by atoms with E-state index in [1.165, 1.54) is 0 Å². The molecule has 27 heavy (non-hydrogen) atoms. The highest BCUT2D eigenvalue weighted by Crippen LogP contribution is 2.19. The van der Waals surface area contributed by atoms with Gasteiger partial charge in [-0.3, -0.25) is 9.59 Å². The summed E-state index contributed by atoms with van der Waals surface area (Å²) in [5.41, 5.74) is 2.33. The van der Waals surface area contributed by atoms with Gasteiger partial charge in [0.15, 0.2) is 0 Å². The van der Waals surface area contributed by atoms with Gasteiger partial charge in [-0.2, -0.15) is 0 Å². The summed E-state index contributed by atoms with van der Waals surface area (Å²) in [4.78, 5) is 35.5. The Labute approximate surface area is 158 Å². The number of carboxylic acid groups (broad SMARTS) is 1. The van der Waals surface area contributed by atoms with Crippen molar-refractivity contribution in [1.82, 2.24) is 5.32 Å². The van der Waals surface area contributed by atoms with Gasteiger partial charge in [0.05, 0.1) is 13.0 Å². The van der Waals surface area contributed by atoms with Crippen molar-refractivity contribution in [2.75, 3.05) is 6.61 Å². The molecule has 0 heterocycles. The summed E-state index contributed by atoms with van der Waals surface area (Å²) in [6.45, 7) is 3.50. The highest BCUT2D eigenvalue weighted by atomic mass is 16.5. The Bertz CT molecular complexity index is 786. The van der Waals surface area contributed by atoms with Gasteiger partial charge in [0, 0.05) is 5.56 Å². The van der Waals surface area contributed by atoms with Crippen molar-refractivity contribution >= 4 is 17.8 Å². The molecule has 0 unspecified atom stereocenters. The molecule has 0 radical (unpaired) electrons. The first-order chi connectivity index (χ1) is 12.9. The fourth-order valence-corrected chi connectivity index (χ4v) is 2.72. The first-order valence-corrected chi connectivity index (χ1v) is 8.77. The van der Waals surface area contributed by atoms with E-state index in [2.05, 4.69) is 5.32 Å². The third kappa shape index (κ3) is 5.67. The molecule has 0 fully saturated rings. The first kappa shape index (κ1) is 20.2. The molecule has 0 saturated carbocycles. The molecule has 2 aromatic carbocycles. The minimum absolute atomic E-state index is 0.0853. The minimum atomic E-state index is -1.19. The van der Waals surface area contributed by atoms with E-state index in [4.69, 9.17) is 4.74 Å². The van der Waals surface area contributed by atoms with E-state index in [9.17, 15) is 19.5 Å². The van der Waals surface area contributed by atoms with Gasteiger partial charge in [-0.25, -0.2) is 4.79 Å². The highest BCUT2D eigenvalue weighted by molar-refractivity contribution is 5.97. The van der Waals surface area contributed by atoms with Crippen LogP contribution in [0.5, 0.6) is 0 Å². The van der Waals surface area contributed by atoms with Crippen molar-refractivity contribution in [2.45, 2.75) is 26.3 Å². The van der Waals surface area contributed by atoms with Crippen molar-refractivity contribution in [3.63, 3.8) is 0 Å². The quantitative estimate of drug-likeness (QED) is 0.698. The Morgan fingerprint density at radius 1 is 1.00 bits per heavy atom. The predicted molar refractivity (Wildman–Crippen MR) is 101 cm³/mol. The van der Waals surface area contributed by atoms with Gasteiger partial charge < -0.3 is 15.2 Å². The lowest BCUT2D eigenvalue weighted by Crippen LogP contribution is -2.45. The summed E-state index contributed by atoms with van der Waals surface area (Å²) in [7, 11) is 0. The fraction of sp³-hybridized carbons (Fsp3) is 0.286. The molecule has 0 aliphatic heterocycles. The maximum atomic E-state index is 12.4. The second-order valence-corrected chi connectivity index (χ2v) is 6.22. The summed E-state index contributed by atoms with van der Waals surface area (Å²) in [5, 5.41) is 11.9. The zero-order chi connectivity index (χ0) is 19.8. The number of nitrogens with one attached hydrogen (secondary N) is 1. The number of rotatable bonds is 8. The SMILES string of the molecule is CCOC(=O)C[C@@H](C)[C@H](NC(=O)c1ccc(-c2ccccc2)cc1)C(=O)O. The number of benzene rings is 2. The Morgan fingerprint density at radius 2 is 1.59 bits per heavy atom. The van der Waals surface area contributed by atoms with E-state index < -0.39 is 29.8 Å². The second-order valence-electron chi connectivity index (χ2n) is 6.22. The largest absolute Gasteiger partial charge is 0.480 e. The molecular weight excluding hydrogens is 346 g/mol. The molecule has 0 bridgehead atoms. The summed E-state index contributed by atoms with van der Waals surface area (Å²) in [6.07, 6.45) is -0.0853. The highest BCUT2D eigenvalue weighted by Gasteiger charge is 2.29. The number of carbonyl (C=O) groups is 3. The van der Waals surface area contributed by atoms with Crippen LogP contribution in [0.4, 0.5) is 0 Å². The zero-order valence-corrected chi connectivity index (χ0v) is 15.3. The van der Waals surface area contributed by atoms with Crippen molar-refractivity contribution in [3.05, 3.63) is 60.2 Å². The Hall–Kier alpha value is -3.15. The molecule has 6 heteroatoms. The fourth-order valence-electron chi connectivity index (χ4n) is 2.72. The molecule has 0 aromatic heterocycles. The van der Waals surface area contributed by atoms with Crippen LogP contribution < -0.4 is 5.32 Å². The third-order valence-corrected chi connectivity index (χ3v) is 4.17. The summed E-state index contributed by atoms with van der Waals surface area (Å²) in [6, 6.07) is 15.4. The molecule has 142 valence electrons. The molecule has 0 aliphatic rings. The van der Waals surface area contributed by atoms with E-state index in [0.717, 1.165) is 11.1 Å². The number of ether oxygens (including phenoxy) is 1. The van der Waals surface area contributed by atoms with E-state index in [0.29, 0.717) is 5.56 Å². The van der Waals surface area contributed by atoms with Crippen LogP contribution >= 0.6 is 0 Å². The van der Waals surface area contributed by atoms with Crippen molar-refractivity contribution in [1.29, 1.82) is 0 Å². The van der Waals surface area contributed by atoms with Crippen molar-refractivity contribution in [2.24, 2.45) is 5.92 Å². The number of hydrogen-bond donors (Lipinski definition) is 2. The molecule has 2 aromatic rings. The van der Waals surface area contributed by atoms with E-state index in [-0.39, 0.29) is 13.0 Å². The normalized spacial score (nSPS) is 12.7. The molecule has 0 spiro atoms. The molecule has 0 aliphatic carbocycles. The van der Waals surface area contributed by atoms with Crippen LogP contribution in [0.3, 0.4) is 0 Å². The molecule has 2 atom stereocenters. The first-order valence-electron chi connectivity index (χ1n) is 8.77. The van der Waals surface area contributed by atoms with Gasteiger partial charge in [-0.05, 0) is 36.1 Å². The second kappa shape index (κ2) is 9.52. The van der Waals surface area contributed by atoms with Crippen LogP contribution in [0.15, 0.2) is 54.6 Å². The monoisotopic (exact) mass is 369 g/mol. The molecular formula is C21H23NO5. The van der Waals surface area contributed by atoms with Gasteiger partial charge in [-0.1, -0.05) is 49.4 Å². The number of hydrogen-bond acceptors (Lipinski definition) is 4. The van der Waals surface area contributed by atoms with Crippen LogP contribution in [0.25, 0.3) is 11.1 Å². The van der Waals surface area contributed by atoms with E-state index in [1.807, 2.05) is 42.5 Å². The lowest BCUT2D eigenvalue weighted by Gasteiger charge is -2.21. The minimum Gasteiger partial charge on any atom is -0.480 e. The van der Waals surface area contributed by atoms with Crippen molar-refractivity contribution < 1.29 is 24.2 Å². The van der Waals surface area contributed by atoms with E-state index >= 15 is 0 Å². The molecule has 2 rings (SSSR count). The Balaban J connectivity index is 2.06. The number of carbonyl (C=O) groups excluding carboxylic acids is 2. The molecule has 1 amide bonds. The maximum Gasteiger partial charge on any atom is 0.326 e. The number of carboxylic acids is 1. The zero-order valence-electron chi connectivity index (χ0n) is 15.3. The van der Waals surface area contributed by atoms with Gasteiger partial charge in [0.25, 0.3) is 5.91 Å². The van der Waals surface area contributed by atoms with Gasteiger partial charge in [0.1, 0.15) is 6.04 Å². The molecule has 2 N–H and O–H groups in total. The smallest absolute Gasteiger partial charge is 0.326 e. The Morgan fingerprint density at radius 3 is 2.15 bits per heavy atom. The summed E-state index contributed by atoms with van der Waals surface area (Å²) in [5.74, 6) is -2.79. The number of amides is 1. The third-order valence-electron chi connectivity index (χ3n) is 4.17. The summed E-state index contributed by atoms with van der Waals surface area (Å²) >= 11 is 0. The number of aliphatic carboxylic acids is 1. The average molecular weight is 369 g/mol. The van der Waals surface area contributed by atoms with E-state index in [1.54, 1.807) is 26.0 Å². The Kier molecular flexibility index (Phi) is 7.11. The van der Waals surface area contributed by atoms with Crippen LogP contribution in [0.1, 0.15) is 30.6 Å². The van der Waals surface area contributed by atoms with Gasteiger partial charge >= 0.3 is 11.9 Å². The van der Waals surface area contributed by atoms with Crippen LogP contribution in [0, 0.1) is 5.92 Å². The maximum absolute atomic E-state index is 12.4. The predicted octanol–water partition coefficient (Wildman–Crippen LogP) is 3.13. The topological polar surface area (TPSA) is 92.7 Å². The molecule has 0 saturated heterocycles. The summed E-state index contributed by atoms with van der Waals surface area (Å²) < 4.78 is 4.84. The average Bonchev–Trinajstić information content (AvgIpc) is 2.66. The number of esters is 1. The standard InChI is InChI=1S/C21H23NO5/c1-3-27-18(23)13-14(2)19(21(25)26)22-20(24)17-11-9-16(10-12-17)15-7-5-4-6-8-15/h4-12,14,19H,3,13H2,1-2H3,(H,22,24)(H,25,26)/t14-,19+/m1/s1.